The minimum atomic E-state index is -0.112. The van der Waals surface area contributed by atoms with Gasteiger partial charge in [0, 0.05) is 11.6 Å². The van der Waals surface area contributed by atoms with Crippen molar-refractivity contribution in [3.8, 4) is 0 Å². The number of benzene rings is 1. The highest BCUT2D eigenvalue weighted by atomic mass is 16.1. The summed E-state index contributed by atoms with van der Waals surface area (Å²) < 4.78 is 1.53. The molecule has 0 amide bonds. The molecule has 0 atom stereocenters. The van der Waals surface area contributed by atoms with Crippen LogP contribution in [-0.4, -0.2) is 25.6 Å². The van der Waals surface area contributed by atoms with E-state index < -0.39 is 0 Å². The number of carbonyl (C=O) groups excluding carboxylic acids is 1. The third kappa shape index (κ3) is 1.66. The van der Waals surface area contributed by atoms with E-state index in [0.29, 0.717) is 16.9 Å². The Labute approximate surface area is 103 Å². The number of aryl methyl sites for hydroxylation is 1. The maximum absolute atomic E-state index is 12.3. The zero-order valence-electron chi connectivity index (χ0n) is 9.74. The van der Waals surface area contributed by atoms with Crippen LogP contribution in [0.2, 0.25) is 0 Å². The van der Waals surface area contributed by atoms with E-state index in [9.17, 15) is 4.79 Å². The molecule has 3 rings (SSSR count). The molecule has 5 heteroatoms. The summed E-state index contributed by atoms with van der Waals surface area (Å²) >= 11 is 0. The standard InChI is InChI=1S/C13H10N4O/c1-9-7-12-15-14-8-11(17(12)16-9)13(18)10-5-3-2-4-6-10/h2-8H,1H3. The van der Waals surface area contributed by atoms with E-state index in [4.69, 9.17) is 0 Å². The van der Waals surface area contributed by atoms with Gasteiger partial charge in [0.2, 0.25) is 5.78 Å². The zero-order chi connectivity index (χ0) is 12.5. The van der Waals surface area contributed by atoms with Crippen LogP contribution in [0.4, 0.5) is 0 Å². The van der Waals surface area contributed by atoms with E-state index in [2.05, 4.69) is 15.3 Å². The first-order valence-electron chi connectivity index (χ1n) is 5.53. The molecule has 0 radical (unpaired) electrons. The number of hydrogen-bond acceptors (Lipinski definition) is 4. The average Bonchev–Trinajstić information content (AvgIpc) is 2.79. The molecule has 0 fully saturated rings. The molecule has 3 aromatic rings. The monoisotopic (exact) mass is 238 g/mol. The van der Waals surface area contributed by atoms with Gasteiger partial charge in [0.05, 0.1) is 11.9 Å². The smallest absolute Gasteiger partial charge is 0.213 e. The van der Waals surface area contributed by atoms with Crippen LogP contribution < -0.4 is 0 Å². The van der Waals surface area contributed by atoms with Gasteiger partial charge in [0.25, 0.3) is 0 Å². The van der Waals surface area contributed by atoms with Crippen molar-refractivity contribution in [2.75, 3.05) is 0 Å². The number of fused-ring (bicyclic) bond motifs is 1. The van der Waals surface area contributed by atoms with E-state index in [1.54, 1.807) is 18.2 Å². The molecule has 1 aromatic carbocycles. The van der Waals surface area contributed by atoms with Gasteiger partial charge in [-0.1, -0.05) is 30.3 Å². The van der Waals surface area contributed by atoms with Gasteiger partial charge in [-0.25, -0.2) is 4.52 Å². The minimum Gasteiger partial charge on any atom is -0.287 e. The molecule has 0 saturated heterocycles. The highest BCUT2D eigenvalue weighted by molar-refractivity contribution is 6.07. The lowest BCUT2D eigenvalue weighted by Gasteiger charge is -2.02. The van der Waals surface area contributed by atoms with Crippen LogP contribution in [0.5, 0.6) is 0 Å². The van der Waals surface area contributed by atoms with Crippen molar-refractivity contribution in [3.63, 3.8) is 0 Å². The Morgan fingerprint density at radius 3 is 2.78 bits per heavy atom. The lowest BCUT2D eigenvalue weighted by Crippen LogP contribution is -2.10. The Kier molecular flexibility index (Phi) is 2.37. The summed E-state index contributed by atoms with van der Waals surface area (Å²) in [5.41, 5.74) is 2.41. The highest BCUT2D eigenvalue weighted by Gasteiger charge is 2.14. The molecule has 88 valence electrons. The second-order valence-electron chi connectivity index (χ2n) is 3.98. The van der Waals surface area contributed by atoms with Crippen LogP contribution in [0.1, 0.15) is 21.7 Å². The summed E-state index contributed by atoms with van der Waals surface area (Å²) in [5, 5.41) is 12.0. The summed E-state index contributed by atoms with van der Waals surface area (Å²) in [6.07, 6.45) is 1.44. The molecule has 2 heterocycles. The molecule has 0 bridgehead atoms. The molecule has 0 N–H and O–H groups in total. The van der Waals surface area contributed by atoms with Crippen LogP contribution in [0.15, 0.2) is 42.6 Å². The normalized spacial score (nSPS) is 10.7. The van der Waals surface area contributed by atoms with E-state index in [-0.39, 0.29) is 5.78 Å². The maximum Gasteiger partial charge on any atom is 0.213 e. The molecule has 0 aliphatic rings. The summed E-state index contributed by atoms with van der Waals surface area (Å²) in [4.78, 5) is 12.3. The summed E-state index contributed by atoms with van der Waals surface area (Å²) in [6, 6.07) is 10.8. The average molecular weight is 238 g/mol. The Hall–Kier alpha value is -2.56. The fourth-order valence-corrected chi connectivity index (χ4v) is 1.82. The molecule has 2 aromatic heterocycles. The third-order valence-corrected chi connectivity index (χ3v) is 2.65. The summed E-state index contributed by atoms with van der Waals surface area (Å²) in [5.74, 6) is -0.112. The number of carbonyl (C=O) groups is 1. The van der Waals surface area contributed by atoms with E-state index in [1.165, 1.54) is 10.7 Å². The predicted molar refractivity (Wildman–Crippen MR) is 65.4 cm³/mol. The Bertz CT molecular complexity index is 718. The maximum atomic E-state index is 12.3. The van der Waals surface area contributed by atoms with Crippen molar-refractivity contribution in [3.05, 3.63) is 59.5 Å². The van der Waals surface area contributed by atoms with Gasteiger partial charge in [-0.2, -0.15) is 10.2 Å². The van der Waals surface area contributed by atoms with E-state index in [0.717, 1.165) is 5.69 Å². The summed E-state index contributed by atoms with van der Waals surface area (Å²) in [7, 11) is 0. The SMILES string of the molecule is Cc1cc2nncc(C(=O)c3ccccc3)n2n1. The molecule has 18 heavy (non-hydrogen) atoms. The number of ketones is 1. The lowest BCUT2D eigenvalue weighted by molar-refractivity contribution is 0.103. The van der Waals surface area contributed by atoms with Gasteiger partial charge in [-0.3, -0.25) is 4.79 Å². The van der Waals surface area contributed by atoms with Gasteiger partial charge in [0.1, 0.15) is 5.69 Å². The Morgan fingerprint density at radius 1 is 1.22 bits per heavy atom. The van der Waals surface area contributed by atoms with Crippen LogP contribution in [0.25, 0.3) is 5.65 Å². The molecule has 0 saturated carbocycles. The number of nitrogens with zero attached hydrogens (tertiary/aromatic N) is 4. The second kappa shape index (κ2) is 4.03. The van der Waals surface area contributed by atoms with Crippen LogP contribution in [0.3, 0.4) is 0 Å². The fourth-order valence-electron chi connectivity index (χ4n) is 1.82. The number of hydrogen-bond donors (Lipinski definition) is 0. The van der Waals surface area contributed by atoms with Crippen LogP contribution >= 0.6 is 0 Å². The number of rotatable bonds is 2. The molecule has 0 unspecified atom stereocenters. The van der Waals surface area contributed by atoms with Crippen LogP contribution in [-0.2, 0) is 0 Å². The third-order valence-electron chi connectivity index (χ3n) is 2.65. The predicted octanol–water partition coefficient (Wildman–Crippen LogP) is 1.66. The van der Waals surface area contributed by atoms with Crippen molar-refractivity contribution < 1.29 is 4.79 Å². The topological polar surface area (TPSA) is 60.2 Å². The van der Waals surface area contributed by atoms with Crippen molar-refractivity contribution in [2.24, 2.45) is 0 Å². The van der Waals surface area contributed by atoms with E-state index >= 15 is 0 Å². The zero-order valence-corrected chi connectivity index (χ0v) is 9.74. The summed E-state index contributed by atoms with van der Waals surface area (Å²) in [6.45, 7) is 1.85. The first-order chi connectivity index (χ1) is 8.75. The molecule has 0 aliphatic carbocycles. The van der Waals surface area contributed by atoms with E-state index in [1.807, 2.05) is 25.1 Å². The molecular weight excluding hydrogens is 228 g/mol. The minimum absolute atomic E-state index is 0.112. The fraction of sp³-hybridized carbons (Fsp3) is 0.0769. The van der Waals surface area contributed by atoms with Crippen LogP contribution in [0, 0.1) is 6.92 Å². The Morgan fingerprint density at radius 2 is 2.00 bits per heavy atom. The van der Waals surface area contributed by atoms with Gasteiger partial charge < -0.3 is 0 Å². The first-order valence-corrected chi connectivity index (χ1v) is 5.53. The largest absolute Gasteiger partial charge is 0.287 e. The lowest BCUT2D eigenvalue weighted by atomic mass is 10.1. The molecule has 5 nitrogen and oxygen atoms in total. The molecule has 0 spiro atoms. The van der Waals surface area contributed by atoms with Crippen molar-refractivity contribution in [1.82, 2.24) is 19.8 Å². The van der Waals surface area contributed by atoms with Crippen molar-refractivity contribution in [2.45, 2.75) is 6.92 Å². The van der Waals surface area contributed by atoms with Gasteiger partial charge in [-0.05, 0) is 6.92 Å². The van der Waals surface area contributed by atoms with Crippen molar-refractivity contribution >= 4 is 11.4 Å². The highest BCUT2D eigenvalue weighted by Crippen LogP contribution is 2.10. The molecular formula is C13H10N4O. The molecule has 0 aliphatic heterocycles. The first kappa shape index (κ1) is 10.6. The van der Waals surface area contributed by atoms with Gasteiger partial charge >= 0.3 is 0 Å². The van der Waals surface area contributed by atoms with Gasteiger partial charge in [0.15, 0.2) is 5.65 Å². The quantitative estimate of drug-likeness (QED) is 0.637. The van der Waals surface area contributed by atoms with Crippen molar-refractivity contribution in [1.29, 1.82) is 0 Å². The second-order valence-corrected chi connectivity index (χ2v) is 3.98. The Balaban J connectivity index is 2.18. The number of aromatic nitrogens is 4. The van der Waals surface area contributed by atoms with Gasteiger partial charge in [-0.15, -0.1) is 5.10 Å².